The maximum Gasteiger partial charge on any atom is 0.234 e. The molecule has 4 nitrogen and oxygen atoms in total. The van der Waals surface area contributed by atoms with Gasteiger partial charge in [-0.2, -0.15) is 0 Å². The van der Waals surface area contributed by atoms with E-state index in [1.54, 1.807) is 6.26 Å². The summed E-state index contributed by atoms with van der Waals surface area (Å²) in [5.74, 6) is 0.776. The molecule has 1 amide bonds. The average Bonchev–Trinajstić information content (AvgIpc) is 2.99. The predicted molar refractivity (Wildman–Crippen MR) is 82.5 cm³/mol. The number of carbonyl (C=O) groups is 1. The van der Waals surface area contributed by atoms with Gasteiger partial charge in [-0.1, -0.05) is 30.3 Å². The summed E-state index contributed by atoms with van der Waals surface area (Å²) in [6.07, 6.45) is 1.61. The van der Waals surface area contributed by atoms with Gasteiger partial charge in [-0.25, -0.2) is 0 Å². The molecule has 0 fully saturated rings. The smallest absolute Gasteiger partial charge is 0.234 e. The molecule has 2 aromatic rings. The third-order valence-corrected chi connectivity index (χ3v) is 3.35. The molecule has 112 valence electrons. The van der Waals surface area contributed by atoms with Crippen molar-refractivity contribution >= 4 is 5.91 Å². The highest BCUT2D eigenvalue weighted by atomic mass is 16.3. The maximum atomic E-state index is 12.0. The molecular formula is C17H22N2O2. The summed E-state index contributed by atoms with van der Waals surface area (Å²) in [4.78, 5) is 14.2. The summed E-state index contributed by atoms with van der Waals surface area (Å²) in [6.45, 7) is 5.79. The van der Waals surface area contributed by atoms with Crippen molar-refractivity contribution in [1.29, 1.82) is 0 Å². The zero-order valence-electron chi connectivity index (χ0n) is 12.6. The van der Waals surface area contributed by atoms with E-state index in [0.29, 0.717) is 19.1 Å². The molecule has 1 aromatic heterocycles. The summed E-state index contributed by atoms with van der Waals surface area (Å²) in [5.41, 5.74) is 1.21. The molecule has 0 radical (unpaired) electrons. The molecular weight excluding hydrogens is 264 g/mol. The Morgan fingerprint density at radius 3 is 2.57 bits per heavy atom. The van der Waals surface area contributed by atoms with E-state index in [9.17, 15) is 4.79 Å². The van der Waals surface area contributed by atoms with E-state index in [1.807, 2.05) is 30.3 Å². The van der Waals surface area contributed by atoms with Gasteiger partial charge in [0.25, 0.3) is 0 Å². The van der Waals surface area contributed by atoms with Crippen LogP contribution in [-0.2, 0) is 17.9 Å². The zero-order valence-corrected chi connectivity index (χ0v) is 12.6. The quantitative estimate of drug-likeness (QED) is 0.851. The molecule has 2 rings (SSSR count). The fraction of sp³-hybridized carbons (Fsp3) is 0.353. The summed E-state index contributed by atoms with van der Waals surface area (Å²) >= 11 is 0. The van der Waals surface area contributed by atoms with Gasteiger partial charge in [0.1, 0.15) is 5.76 Å². The fourth-order valence-corrected chi connectivity index (χ4v) is 2.08. The van der Waals surface area contributed by atoms with Crippen molar-refractivity contribution in [1.82, 2.24) is 10.2 Å². The molecule has 4 heteroatoms. The number of nitrogens with zero attached hydrogens (tertiary/aromatic N) is 1. The van der Waals surface area contributed by atoms with Crippen LogP contribution < -0.4 is 5.32 Å². The molecule has 0 saturated heterocycles. The summed E-state index contributed by atoms with van der Waals surface area (Å²) in [7, 11) is 0. The Balaban J connectivity index is 1.85. The van der Waals surface area contributed by atoms with Gasteiger partial charge in [0.15, 0.2) is 0 Å². The van der Waals surface area contributed by atoms with Gasteiger partial charge in [0.05, 0.1) is 19.4 Å². The summed E-state index contributed by atoms with van der Waals surface area (Å²) < 4.78 is 5.20. The van der Waals surface area contributed by atoms with E-state index in [2.05, 4.69) is 36.2 Å². The molecule has 0 spiro atoms. The highest BCUT2D eigenvalue weighted by Crippen LogP contribution is 2.08. The SMILES string of the molecule is CC(C)N(CC(=O)NCc1ccco1)Cc1ccccc1. The second kappa shape index (κ2) is 7.64. The fourth-order valence-electron chi connectivity index (χ4n) is 2.08. The second-order valence-corrected chi connectivity index (χ2v) is 5.34. The monoisotopic (exact) mass is 286 g/mol. The van der Waals surface area contributed by atoms with Gasteiger partial charge in [-0.15, -0.1) is 0 Å². The molecule has 0 aliphatic rings. The van der Waals surface area contributed by atoms with Crippen LogP contribution in [0.1, 0.15) is 25.2 Å². The van der Waals surface area contributed by atoms with E-state index in [-0.39, 0.29) is 5.91 Å². The highest BCUT2D eigenvalue weighted by Gasteiger charge is 2.14. The van der Waals surface area contributed by atoms with Gasteiger partial charge in [0, 0.05) is 12.6 Å². The number of rotatable bonds is 7. The lowest BCUT2D eigenvalue weighted by atomic mass is 10.2. The third kappa shape index (κ3) is 5.08. The topological polar surface area (TPSA) is 45.5 Å². The van der Waals surface area contributed by atoms with Crippen LogP contribution in [0, 0.1) is 0 Å². The lowest BCUT2D eigenvalue weighted by Crippen LogP contribution is -2.40. The van der Waals surface area contributed by atoms with Gasteiger partial charge < -0.3 is 9.73 Å². The zero-order chi connectivity index (χ0) is 15.1. The van der Waals surface area contributed by atoms with Crippen LogP contribution >= 0.6 is 0 Å². The first kappa shape index (κ1) is 15.3. The normalized spacial score (nSPS) is 11.0. The minimum atomic E-state index is 0.0102. The van der Waals surface area contributed by atoms with E-state index in [4.69, 9.17) is 4.42 Å². The number of furan rings is 1. The second-order valence-electron chi connectivity index (χ2n) is 5.34. The Labute approximate surface area is 125 Å². The third-order valence-electron chi connectivity index (χ3n) is 3.35. The Kier molecular flexibility index (Phi) is 5.58. The van der Waals surface area contributed by atoms with E-state index >= 15 is 0 Å². The minimum Gasteiger partial charge on any atom is -0.467 e. The Hall–Kier alpha value is -2.07. The van der Waals surface area contributed by atoms with Crippen LogP contribution in [0.15, 0.2) is 53.1 Å². The Morgan fingerprint density at radius 2 is 1.95 bits per heavy atom. The van der Waals surface area contributed by atoms with Crippen LogP contribution in [0.25, 0.3) is 0 Å². The lowest BCUT2D eigenvalue weighted by molar-refractivity contribution is -0.123. The number of hydrogen-bond acceptors (Lipinski definition) is 3. The number of amides is 1. The lowest BCUT2D eigenvalue weighted by Gasteiger charge is -2.25. The number of nitrogens with one attached hydrogen (secondary N) is 1. The first-order valence-corrected chi connectivity index (χ1v) is 7.22. The van der Waals surface area contributed by atoms with E-state index in [1.165, 1.54) is 5.56 Å². The van der Waals surface area contributed by atoms with E-state index < -0.39 is 0 Å². The van der Waals surface area contributed by atoms with Gasteiger partial charge in [0.2, 0.25) is 5.91 Å². The molecule has 0 aliphatic heterocycles. The first-order valence-electron chi connectivity index (χ1n) is 7.22. The molecule has 1 aromatic carbocycles. The molecule has 0 atom stereocenters. The number of carbonyl (C=O) groups excluding carboxylic acids is 1. The van der Waals surface area contributed by atoms with Crippen molar-refractivity contribution < 1.29 is 9.21 Å². The Bertz CT molecular complexity index is 535. The highest BCUT2D eigenvalue weighted by molar-refractivity contribution is 5.77. The van der Waals surface area contributed by atoms with Gasteiger partial charge in [-0.05, 0) is 31.5 Å². The molecule has 1 heterocycles. The molecule has 0 bridgehead atoms. The molecule has 0 aliphatic carbocycles. The van der Waals surface area contributed by atoms with Crippen LogP contribution in [0.3, 0.4) is 0 Å². The molecule has 0 saturated carbocycles. The predicted octanol–water partition coefficient (Wildman–Crippen LogP) is 2.81. The van der Waals surface area contributed by atoms with Crippen molar-refractivity contribution in [3.8, 4) is 0 Å². The maximum absolute atomic E-state index is 12.0. The molecule has 1 N–H and O–H groups in total. The Morgan fingerprint density at radius 1 is 1.19 bits per heavy atom. The van der Waals surface area contributed by atoms with Gasteiger partial charge >= 0.3 is 0 Å². The largest absolute Gasteiger partial charge is 0.467 e. The van der Waals surface area contributed by atoms with Gasteiger partial charge in [-0.3, -0.25) is 9.69 Å². The number of hydrogen-bond donors (Lipinski definition) is 1. The molecule has 21 heavy (non-hydrogen) atoms. The van der Waals surface area contributed by atoms with Crippen molar-refractivity contribution in [2.75, 3.05) is 6.54 Å². The molecule has 0 unspecified atom stereocenters. The van der Waals surface area contributed by atoms with Crippen LogP contribution in [0.5, 0.6) is 0 Å². The summed E-state index contributed by atoms with van der Waals surface area (Å²) in [5, 5.41) is 2.88. The van der Waals surface area contributed by atoms with E-state index in [0.717, 1.165) is 12.3 Å². The number of benzene rings is 1. The summed E-state index contributed by atoms with van der Waals surface area (Å²) in [6, 6.07) is 14.2. The van der Waals surface area contributed by atoms with Crippen molar-refractivity contribution in [2.45, 2.75) is 33.0 Å². The van der Waals surface area contributed by atoms with Crippen LogP contribution in [0.2, 0.25) is 0 Å². The standard InChI is InChI=1S/C17H22N2O2/c1-14(2)19(12-15-7-4-3-5-8-15)13-17(20)18-11-16-9-6-10-21-16/h3-10,14H,11-13H2,1-2H3,(H,18,20). The van der Waals surface area contributed by atoms with Crippen LogP contribution in [-0.4, -0.2) is 23.4 Å². The van der Waals surface area contributed by atoms with Crippen molar-refractivity contribution in [3.63, 3.8) is 0 Å². The van der Waals surface area contributed by atoms with Crippen molar-refractivity contribution in [2.24, 2.45) is 0 Å². The average molecular weight is 286 g/mol. The minimum absolute atomic E-state index is 0.0102. The van der Waals surface area contributed by atoms with Crippen LogP contribution in [0.4, 0.5) is 0 Å². The first-order chi connectivity index (χ1) is 10.1. The van der Waals surface area contributed by atoms with Crippen molar-refractivity contribution in [3.05, 3.63) is 60.1 Å².